The van der Waals surface area contributed by atoms with Gasteiger partial charge in [-0.15, -0.1) is 0 Å². The Hall–Kier alpha value is -3.63. The van der Waals surface area contributed by atoms with Crippen molar-refractivity contribution in [2.24, 2.45) is 0 Å². The molecule has 1 saturated heterocycles. The number of ether oxygens (including phenoxy) is 1. The highest BCUT2D eigenvalue weighted by Gasteiger charge is 2.20. The number of aromatic hydroxyl groups is 1. The molecule has 5 aromatic rings. The first-order chi connectivity index (χ1) is 20.5. The number of phenolic OH excluding ortho intramolecular Hbond substituents is 1. The van der Waals surface area contributed by atoms with Gasteiger partial charge in [-0.1, -0.05) is 42.8 Å². The molecule has 8 nitrogen and oxygen atoms in total. The van der Waals surface area contributed by atoms with E-state index in [-0.39, 0.29) is 35.3 Å². The lowest BCUT2D eigenvalue weighted by molar-refractivity contribution is 0.0303. The van der Waals surface area contributed by atoms with Crippen LogP contribution in [-0.4, -0.2) is 42.2 Å². The summed E-state index contributed by atoms with van der Waals surface area (Å²) in [5, 5.41) is 12.1. The Balaban J connectivity index is 0.000000234. The highest BCUT2D eigenvalue weighted by molar-refractivity contribution is 9.10. The van der Waals surface area contributed by atoms with Gasteiger partial charge >= 0.3 is 11.3 Å². The Morgan fingerprint density at radius 2 is 1.41 bits per heavy atom. The van der Waals surface area contributed by atoms with Crippen molar-refractivity contribution < 1.29 is 23.5 Å². The van der Waals surface area contributed by atoms with Crippen LogP contribution in [0.5, 0.6) is 5.75 Å². The normalized spacial score (nSPS) is 12.9. The van der Waals surface area contributed by atoms with Crippen LogP contribution < -0.4 is 11.3 Å². The van der Waals surface area contributed by atoms with E-state index in [4.69, 9.17) is 36.8 Å². The Labute approximate surface area is 271 Å². The van der Waals surface area contributed by atoms with E-state index in [0.29, 0.717) is 69.0 Å². The lowest BCUT2D eigenvalue weighted by Crippen LogP contribution is -2.40. The number of morpholine rings is 1. The van der Waals surface area contributed by atoms with Gasteiger partial charge in [-0.05, 0) is 89.3 Å². The van der Waals surface area contributed by atoms with Gasteiger partial charge in [0.2, 0.25) is 0 Å². The number of benzene rings is 3. The summed E-state index contributed by atoms with van der Waals surface area (Å²) in [7, 11) is 0. The number of fused-ring (bicyclic) bond motifs is 2. The molecule has 1 aliphatic heterocycles. The van der Waals surface area contributed by atoms with E-state index in [1.807, 2.05) is 19.9 Å². The largest absolute Gasteiger partial charge is 0.506 e. The van der Waals surface area contributed by atoms with Crippen molar-refractivity contribution in [1.82, 2.24) is 4.90 Å². The smallest absolute Gasteiger partial charge is 0.350 e. The number of phenols is 1. The second kappa shape index (κ2) is 13.6. The first kappa shape index (κ1) is 33.3. The monoisotopic (exact) mass is 701 g/mol. The van der Waals surface area contributed by atoms with Crippen molar-refractivity contribution in [1.29, 1.82) is 0 Å². The maximum Gasteiger partial charge on any atom is 0.350 e. The van der Waals surface area contributed by atoms with Crippen LogP contribution in [0, 0.1) is 20.8 Å². The lowest BCUT2D eigenvalue weighted by atomic mass is 9.98. The third kappa shape index (κ3) is 6.56. The fraction of sp³-hybridized carbons (Fsp3) is 0.242. The van der Waals surface area contributed by atoms with Crippen molar-refractivity contribution in [3.05, 3.63) is 106 Å². The second-order valence-corrected chi connectivity index (χ2v) is 11.7. The lowest BCUT2D eigenvalue weighted by Gasteiger charge is -2.26. The van der Waals surface area contributed by atoms with Gasteiger partial charge in [-0.25, -0.2) is 9.59 Å². The van der Waals surface area contributed by atoms with E-state index in [2.05, 4.69) is 15.9 Å². The first-order valence-electron chi connectivity index (χ1n) is 13.3. The molecule has 6 rings (SSSR count). The van der Waals surface area contributed by atoms with Crippen LogP contribution in [0.1, 0.15) is 34.5 Å². The van der Waals surface area contributed by atoms with E-state index in [1.54, 1.807) is 48.2 Å². The number of amides is 1. The zero-order valence-electron chi connectivity index (χ0n) is 23.4. The molecule has 3 aromatic carbocycles. The van der Waals surface area contributed by atoms with E-state index in [0.717, 1.165) is 16.5 Å². The van der Waals surface area contributed by atoms with Gasteiger partial charge in [0.1, 0.15) is 21.4 Å². The van der Waals surface area contributed by atoms with Crippen molar-refractivity contribution in [3.63, 3.8) is 0 Å². The average Bonchev–Trinajstić information content (AvgIpc) is 2.99. The van der Waals surface area contributed by atoms with Crippen molar-refractivity contribution in [3.8, 4) is 16.9 Å². The van der Waals surface area contributed by atoms with E-state index in [1.165, 1.54) is 6.07 Å². The molecule has 44 heavy (non-hydrogen) atoms. The minimum atomic E-state index is -0.515. The molecular weight excluding hydrogens is 673 g/mol. The topological polar surface area (TPSA) is 110 Å². The van der Waals surface area contributed by atoms with Crippen LogP contribution in [0.4, 0.5) is 0 Å². The van der Waals surface area contributed by atoms with Crippen molar-refractivity contribution >= 4 is 67.0 Å². The van der Waals surface area contributed by atoms with Crippen molar-refractivity contribution in [2.75, 3.05) is 26.3 Å². The minimum Gasteiger partial charge on any atom is -0.506 e. The summed E-state index contributed by atoms with van der Waals surface area (Å²) in [6.45, 7) is 7.75. The van der Waals surface area contributed by atoms with E-state index in [9.17, 15) is 19.5 Å². The standard InChI is InChI=1S/C21H18ClNO5.C11H8BrClO2.CH4/c1-12-15-10-16(22)17(24)11-18(15)28-21(26)19(12)13-2-4-14(5-3-13)20(25)23-6-8-27-9-7-23;1-5-3-9-7(4-8(5)13)6(2)10(12)11(14)15-9;/h2-5,10-11,24H,6-9H2,1H3;3-4H,1-2H3;1H4. The minimum absolute atomic E-state index is 0. The molecule has 3 heterocycles. The fourth-order valence-corrected chi connectivity index (χ4v) is 5.49. The molecule has 1 aliphatic rings. The molecule has 0 aliphatic carbocycles. The van der Waals surface area contributed by atoms with E-state index >= 15 is 0 Å². The van der Waals surface area contributed by atoms with E-state index < -0.39 is 5.63 Å². The number of carbonyl (C=O) groups excluding carboxylic acids is 1. The molecule has 11 heteroatoms. The Kier molecular flexibility index (Phi) is 10.3. The molecule has 230 valence electrons. The van der Waals surface area contributed by atoms with Gasteiger partial charge in [0.25, 0.3) is 5.91 Å². The molecule has 1 fully saturated rings. The summed E-state index contributed by atoms with van der Waals surface area (Å²) in [4.78, 5) is 38.3. The number of aryl methyl sites for hydroxylation is 3. The van der Waals surface area contributed by atoms with Gasteiger partial charge < -0.3 is 23.6 Å². The van der Waals surface area contributed by atoms with Gasteiger partial charge in [-0.2, -0.15) is 0 Å². The van der Waals surface area contributed by atoms with Crippen LogP contribution in [0.15, 0.2) is 71.4 Å². The van der Waals surface area contributed by atoms with Crippen molar-refractivity contribution in [2.45, 2.75) is 28.2 Å². The number of halogens is 3. The number of carbonyl (C=O) groups is 1. The highest BCUT2D eigenvalue weighted by atomic mass is 79.9. The Morgan fingerprint density at radius 1 is 0.841 bits per heavy atom. The number of hydrogen-bond acceptors (Lipinski definition) is 7. The molecule has 0 unspecified atom stereocenters. The highest BCUT2D eigenvalue weighted by Crippen LogP contribution is 2.33. The summed E-state index contributed by atoms with van der Waals surface area (Å²) >= 11 is 15.2. The molecule has 0 saturated carbocycles. The van der Waals surface area contributed by atoms with Crippen LogP contribution in [0.2, 0.25) is 10.0 Å². The van der Waals surface area contributed by atoms with Gasteiger partial charge in [0, 0.05) is 40.5 Å². The van der Waals surface area contributed by atoms with Crippen LogP contribution >= 0.6 is 39.1 Å². The predicted molar refractivity (Wildman–Crippen MR) is 177 cm³/mol. The maximum atomic E-state index is 12.6. The maximum absolute atomic E-state index is 12.6. The zero-order valence-corrected chi connectivity index (χ0v) is 26.5. The summed E-state index contributed by atoms with van der Waals surface area (Å²) in [5.74, 6) is -0.199. The molecule has 0 radical (unpaired) electrons. The Bertz CT molecular complexity index is 2000. The summed E-state index contributed by atoms with van der Waals surface area (Å²) in [6, 6.07) is 13.4. The molecule has 0 bridgehead atoms. The quantitative estimate of drug-likeness (QED) is 0.185. The zero-order chi connectivity index (χ0) is 31.0. The van der Waals surface area contributed by atoms with Gasteiger partial charge in [0.15, 0.2) is 0 Å². The summed E-state index contributed by atoms with van der Waals surface area (Å²) < 4.78 is 16.3. The second-order valence-electron chi connectivity index (χ2n) is 10.1. The van der Waals surface area contributed by atoms with Crippen LogP contribution in [0.25, 0.3) is 33.1 Å². The van der Waals surface area contributed by atoms with Crippen LogP contribution in [0.3, 0.4) is 0 Å². The Morgan fingerprint density at radius 3 is 2.07 bits per heavy atom. The molecule has 2 aromatic heterocycles. The first-order valence-corrected chi connectivity index (χ1v) is 14.8. The van der Waals surface area contributed by atoms with Crippen LogP contribution in [-0.2, 0) is 4.74 Å². The average molecular weight is 703 g/mol. The third-order valence-corrected chi connectivity index (χ3v) is 8.96. The fourth-order valence-electron chi connectivity index (χ4n) is 4.87. The summed E-state index contributed by atoms with van der Waals surface area (Å²) in [6.07, 6.45) is 0. The summed E-state index contributed by atoms with van der Waals surface area (Å²) in [5.41, 5.74) is 4.02. The number of rotatable bonds is 2. The number of nitrogens with zero attached hydrogens (tertiary/aromatic N) is 1. The molecular formula is C33H30BrCl2NO7. The molecule has 1 N–H and O–H groups in total. The van der Waals surface area contributed by atoms with Gasteiger partial charge in [-0.3, -0.25) is 4.79 Å². The predicted octanol–water partition coefficient (Wildman–Crippen LogP) is 8.06. The molecule has 0 atom stereocenters. The molecule has 1 amide bonds. The number of hydrogen-bond donors (Lipinski definition) is 1. The third-order valence-electron chi connectivity index (χ3n) is 7.33. The molecule has 0 spiro atoms. The SMILES string of the molecule is C.Cc1c(-c2ccc(C(=O)N3CCOCC3)cc2)c(=O)oc2cc(O)c(Cl)cc12.Cc1cc2oc(=O)c(Br)c(C)c2cc1Cl. The van der Waals surface area contributed by atoms with Gasteiger partial charge in [0.05, 0.1) is 23.8 Å².